The van der Waals surface area contributed by atoms with Crippen LogP contribution in [0, 0.1) is 6.92 Å². The van der Waals surface area contributed by atoms with Crippen molar-refractivity contribution in [1.29, 1.82) is 0 Å². The third-order valence-corrected chi connectivity index (χ3v) is 4.89. The molecule has 0 saturated heterocycles. The molecule has 27 heavy (non-hydrogen) atoms. The third-order valence-electron chi connectivity index (χ3n) is 4.64. The molecule has 0 saturated carbocycles. The molecular formula is C21H21ClN4O. The Hall–Kier alpha value is -2.63. The highest BCUT2D eigenvalue weighted by Gasteiger charge is 2.25. The summed E-state index contributed by atoms with van der Waals surface area (Å²) in [5.74, 6) is 1.44. The van der Waals surface area contributed by atoms with Crippen LogP contribution in [-0.2, 0) is 6.42 Å². The minimum absolute atomic E-state index is 0.0785. The lowest BCUT2D eigenvalue weighted by Gasteiger charge is -2.24. The van der Waals surface area contributed by atoms with Gasteiger partial charge in [-0.25, -0.2) is 4.68 Å². The first-order chi connectivity index (χ1) is 13.1. The zero-order valence-corrected chi connectivity index (χ0v) is 15.8. The molecule has 1 aromatic heterocycles. The summed E-state index contributed by atoms with van der Waals surface area (Å²) in [6, 6.07) is 16.1. The predicted molar refractivity (Wildman–Crippen MR) is 108 cm³/mol. The summed E-state index contributed by atoms with van der Waals surface area (Å²) < 4.78 is 1.90. The van der Waals surface area contributed by atoms with Gasteiger partial charge >= 0.3 is 0 Å². The molecule has 1 aliphatic rings. The Labute approximate surface area is 163 Å². The lowest BCUT2D eigenvalue weighted by Crippen LogP contribution is -2.20. The van der Waals surface area contributed by atoms with Gasteiger partial charge in [-0.15, -0.1) is 0 Å². The van der Waals surface area contributed by atoms with E-state index in [0.717, 1.165) is 22.6 Å². The van der Waals surface area contributed by atoms with Gasteiger partial charge in [0.15, 0.2) is 5.82 Å². The van der Waals surface area contributed by atoms with Crippen LogP contribution >= 0.6 is 11.6 Å². The maximum atomic E-state index is 9.10. The molecule has 2 N–H and O–H groups in total. The van der Waals surface area contributed by atoms with Crippen LogP contribution in [0.2, 0.25) is 5.02 Å². The number of aliphatic hydroxyl groups is 1. The molecule has 0 unspecified atom stereocenters. The molecule has 0 radical (unpaired) electrons. The van der Waals surface area contributed by atoms with Gasteiger partial charge in [-0.2, -0.15) is 10.1 Å². The zero-order chi connectivity index (χ0) is 18.8. The number of anilines is 1. The van der Waals surface area contributed by atoms with Gasteiger partial charge in [0, 0.05) is 23.7 Å². The topological polar surface area (TPSA) is 63.0 Å². The van der Waals surface area contributed by atoms with Crippen LogP contribution < -0.4 is 5.32 Å². The minimum Gasteiger partial charge on any atom is -0.396 e. The Morgan fingerprint density at radius 3 is 2.56 bits per heavy atom. The number of nitrogens with one attached hydrogen (secondary N) is 1. The molecule has 1 atom stereocenters. The zero-order valence-electron chi connectivity index (χ0n) is 15.1. The fourth-order valence-corrected chi connectivity index (χ4v) is 3.31. The van der Waals surface area contributed by atoms with Crippen molar-refractivity contribution in [2.24, 2.45) is 0 Å². The molecule has 6 heteroatoms. The number of aromatic nitrogens is 3. The summed E-state index contributed by atoms with van der Waals surface area (Å²) in [7, 11) is 0. The van der Waals surface area contributed by atoms with Crippen LogP contribution in [0.15, 0.2) is 54.6 Å². The molecule has 4 rings (SSSR count). The number of halogens is 1. The number of nitrogens with zero attached hydrogens (tertiary/aromatic N) is 3. The van der Waals surface area contributed by atoms with E-state index in [2.05, 4.69) is 52.7 Å². The van der Waals surface area contributed by atoms with Crippen LogP contribution in [0.25, 0.3) is 5.70 Å². The van der Waals surface area contributed by atoms with Gasteiger partial charge < -0.3 is 10.4 Å². The summed E-state index contributed by atoms with van der Waals surface area (Å²) in [6.45, 7) is 2.21. The van der Waals surface area contributed by atoms with Gasteiger partial charge in [-0.05, 0) is 42.7 Å². The quantitative estimate of drug-likeness (QED) is 0.695. The molecule has 0 fully saturated rings. The van der Waals surface area contributed by atoms with Crippen LogP contribution in [-0.4, -0.2) is 26.5 Å². The second kappa shape index (κ2) is 7.55. The first kappa shape index (κ1) is 17.8. The van der Waals surface area contributed by atoms with Gasteiger partial charge in [0.25, 0.3) is 0 Å². The van der Waals surface area contributed by atoms with Crippen LogP contribution in [0.5, 0.6) is 0 Å². The summed E-state index contributed by atoms with van der Waals surface area (Å²) >= 11 is 6.07. The number of hydrogen-bond acceptors (Lipinski definition) is 4. The molecule has 3 aromatic rings. The van der Waals surface area contributed by atoms with Crippen molar-refractivity contribution in [3.63, 3.8) is 0 Å². The van der Waals surface area contributed by atoms with E-state index in [-0.39, 0.29) is 12.6 Å². The SMILES string of the molecule is Cc1ccc(C2=C[C@@H](c3ccc(Cl)cc3)n3nc(CCCO)nc3N2)cc1. The van der Waals surface area contributed by atoms with Crippen molar-refractivity contribution in [3.05, 3.63) is 82.1 Å². The standard InChI is InChI=1S/C21H21ClN4O/c1-14-4-6-15(7-5-14)18-13-19(16-8-10-17(22)11-9-16)26-21(23-18)24-20(25-26)3-2-12-27/h4-11,13,19,27H,2-3,12H2,1H3,(H,23,24,25)/t19-/m0/s1. The third kappa shape index (κ3) is 3.75. The number of fused-ring (bicyclic) bond motifs is 1. The second-order valence-corrected chi connectivity index (χ2v) is 7.13. The molecule has 0 spiro atoms. The minimum atomic E-state index is -0.0785. The molecule has 0 amide bonds. The van der Waals surface area contributed by atoms with E-state index >= 15 is 0 Å². The van der Waals surface area contributed by atoms with Gasteiger partial charge in [-0.3, -0.25) is 0 Å². The van der Waals surface area contributed by atoms with Crippen molar-refractivity contribution in [1.82, 2.24) is 14.8 Å². The van der Waals surface area contributed by atoms with E-state index in [0.29, 0.717) is 23.8 Å². The number of rotatable bonds is 5. The second-order valence-electron chi connectivity index (χ2n) is 6.69. The molecule has 2 heterocycles. The van der Waals surface area contributed by atoms with Crippen molar-refractivity contribution in [2.75, 3.05) is 11.9 Å². The molecule has 0 aliphatic carbocycles. The molecule has 138 valence electrons. The normalized spacial score (nSPS) is 15.8. The van der Waals surface area contributed by atoms with E-state index < -0.39 is 0 Å². The molecule has 0 bridgehead atoms. The Morgan fingerprint density at radius 2 is 1.85 bits per heavy atom. The monoisotopic (exact) mass is 380 g/mol. The van der Waals surface area contributed by atoms with E-state index in [1.54, 1.807) is 0 Å². The number of hydrogen-bond donors (Lipinski definition) is 2. The summed E-state index contributed by atoms with van der Waals surface area (Å²) in [5, 5.41) is 17.9. The van der Waals surface area contributed by atoms with Crippen LogP contribution in [0.4, 0.5) is 5.95 Å². The average Bonchev–Trinajstić information content (AvgIpc) is 3.10. The van der Waals surface area contributed by atoms with Crippen molar-refractivity contribution in [3.8, 4) is 0 Å². The predicted octanol–water partition coefficient (Wildman–Crippen LogP) is 4.22. The Bertz CT molecular complexity index is 961. The first-order valence-electron chi connectivity index (χ1n) is 9.01. The molecule has 5 nitrogen and oxygen atoms in total. The summed E-state index contributed by atoms with van der Waals surface area (Å²) in [5.41, 5.74) is 4.42. The smallest absolute Gasteiger partial charge is 0.226 e. The number of aryl methyl sites for hydroxylation is 2. The fraction of sp³-hybridized carbons (Fsp3) is 0.238. The molecular weight excluding hydrogens is 360 g/mol. The fourth-order valence-electron chi connectivity index (χ4n) is 3.18. The average molecular weight is 381 g/mol. The van der Waals surface area contributed by atoms with Gasteiger partial charge in [0.05, 0.1) is 0 Å². The number of aliphatic hydroxyl groups excluding tert-OH is 1. The van der Waals surface area contributed by atoms with Gasteiger partial charge in [0.2, 0.25) is 5.95 Å². The first-order valence-corrected chi connectivity index (χ1v) is 9.39. The highest BCUT2D eigenvalue weighted by atomic mass is 35.5. The highest BCUT2D eigenvalue weighted by molar-refractivity contribution is 6.30. The van der Waals surface area contributed by atoms with E-state index in [1.807, 2.05) is 28.9 Å². The molecule has 1 aliphatic heterocycles. The molecule has 2 aromatic carbocycles. The van der Waals surface area contributed by atoms with Gasteiger partial charge in [0.1, 0.15) is 6.04 Å². The van der Waals surface area contributed by atoms with E-state index in [4.69, 9.17) is 16.7 Å². The van der Waals surface area contributed by atoms with Crippen LogP contribution in [0.3, 0.4) is 0 Å². The lowest BCUT2D eigenvalue weighted by molar-refractivity contribution is 0.287. The van der Waals surface area contributed by atoms with Crippen molar-refractivity contribution < 1.29 is 5.11 Å². The maximum absolute atomic E-state index is 9.10. The van der Waals surface area contributed by atoms with E-state index in [1.165, 1.54) is 5.56 Å². The van der Waals surface area contributed by atoms with Gasteiger partial charge in [-0.1, -0.05) is 53.6 Å². The Balaban J connectivity index is 1.76. The Morgan fingerprint density at radius 1 is 1.11 bits per heavy atom. The Kier molecular flexibility index (Phi) is 4.97. The van der Waals surface area contributed by atoms with E-state index in [9.17, 15) is 0 Å². The number of benzene rings is 2. The maximum Gasteiger partial charge on any atom is 0.226 e. The van der Waals surface area contributed by atoms with Crippen LogP contribution in [0.1, 0.15) is 35.0 Å². The van der Waals surface area contributed by atoms with Crippen molar-refractivity contribution in [2.45, 2.75) is 25.8 Å². The summed E-state index contributed by atoms with van der Waals surface area (Å²) in [6.07, 6.45) is 3.45. The summed E-state index contributed by atoms with van der Waals surface area (Å²) in [4.78, 5) is 4.64. The largest absolute Gasteiger partial charge is 0.396 e. The highest BCUT2D eigenvalue weighted by Crippen LogP contribution is 2.33. The lowest BCUT2D eigenvalue weighted by atomic mass is 10.0. The van der Waals surface area contributed by atoms with Crippen molar-refractivity contribution >= 4 is 23.2 Å². The number of allylic oxidation sites excluding steroid dienone is 1.